The Morgan fingerprint density at radius 2 is 2.26 bits per heavy atom. The van der Waals surface area contributed by atoms with Gasteiger partial charge in [0.2, 0.25) is 0 Å². The van der Waals surface area contributed by atoms with E-state index in [1.165, 1.54) is 6.33 Å². The molecular formula is C16H17ClN4O2. The van der Waals surface area contributed by atoms with Gasteiger partial charge >= 0.3 is 0 Å². The predicted octanol–water partition coefficient (Wildman–Crippen LogP) is 3.20. The molecule has 0 saturated carbocycles. The summed E-state index contributed by atoms with van der Waals surface area (Å²) in [5.41, 5.74) is 2.47. The topological polar surface area (TPSA) is 76.1 Å². The molecule has 0 saturated heterocycles. The first-order valence-electron chi connectivity index (χ1n) is 7.41. The highest BCUT2D eigenvalue weighted by Gasteiger charge is 2.18. The Bertz CT molecular complexity index is 751. The molecule has 1 unspecified atom stereocenters. The molecule has 0 bridgehead atoms. The summed E-state index contributed by atoms with van der Waals surface area (Å²) in [5, 5.41) is 6.63. The van der Waals surface area contributed by atoms with Crippen molar-refractivity contribution in [3.8, 4) is 5.75 Å². The van der Waals surface area contributed by atoms with Crippen molar-refractivity contribution in [2.75, 3.05) is 17.2 Å². The zero-order valence-corrected chi connectivity index (χ0v) is 13.6. The summed E-state index contributed by atoms with van der Waals surface area (Å²) < 4.78 is 5.36. The van der Waals surface area contributed by atoms with Crippen LogP contribution in [0.4, 0.5) is 11.5 Å². The van der Waals surface area contributed by atoms with E-state index in [-0.39, 0.29) is 18.6 Å². The highest BCUT2D eigenvalue weighted by molar-refractivity contribution is 6.33. The molecule has 2 aromatic rings. The third-order valence-electron chi connectivity index (χ3n) is 3.69. The summed E-state index contributed by atoms with van der Waals surface area (Å²) in [5.74, 6) is 1.12. The molecule has 23 heavy (non-hydrogen) atoms. The minimum Gasteiger partial charge on any atom is -0.482 e. The summed E-state index contributed by atoms with van der Waals surface area (Å²) in [6.45, 7) is 4.04. The van der Waals surface area contributed by atoms with E-state index < -0.39 is 0 Å². The monoisotopic (exact) mass is 332 g/mol. The molecular weight excluding hydrogens is 316 g/mol. The second-order valence-electron chi connectivity index (χ2n) is 5.29. The van der Waals surface area contributed by atoms with Crippen LogP contribution in [-0.2, 0) is 11.2 Å². The highest BCUT2D eigenvalue weighted by atomic mass is 35.5. The Balaban J connectivity index is 1.82. The van der Waals surface area contributed by atoms with E-state index in [9.17, 15) is 4.79 Å². The van der Waals surface area contributed by atoms with Crippen molar-refractivity contribution in [3.05, 3.63) is 40.8 Å². The molecule has 0 aliphatic carbocycles. The number of hydrogen-bond donors (Lipinski definition) is 2. The van der Waals surface area contributed by atoms with Gasteiger partial charge in [0, 0.05) is 0 Å². The molecule has 2 N–H and O–H groups in total. The van der Waals surface area contributed by atoms with Crippen LogP contribution < -0.4 is 15.4 Å². The van der Waals surface area contributed by atoms with Crippen LogP contribution in [0.5, 0.6) is 5.75 Å². The van der Waals surface area contributed by atoms with E-state index in [0.717, 1.165) is 17.7 Å². The zero-order chi connectivity index (χ0) is 16.4. The summed E-state index contributed by atoms with van der Waals surface area (Å²) in [6.07, 6.45) is 2.24. The number of hydrogen-bond acceptors (Lipinski definition) is 5. The van der Waals surface area contributed by atoms with E-state index in [0.29, 0.717) is 22.3 Å². The Hall–Kier alpha value is -2.34. The molecule has 1 aromatic carbocycles. The Kier molecular flexibility index (Phi) is 4.34. The van der Waals surface area contributed by atoms with Crippen LogP contribution in [-0.4, -0.2) is 22.5 Å². The molecule has 0 radical (unpaired) electrons. The fourth-order valence-corrected chi connectivity index (χ4v) is 2.70. The standard InChI is InChI=1S/C16H17ClN4O2/c1-3-11-15(17)16(19-8-18-11)20-9(2)10-4-5-13-12(6-10)21-14(22)7-23-13/h4-6,8-9H,3,7H2,1-2H3,(H,21,22)(H,18,19,20). The van der Waals surface area contributed by atoms with Crippen LogP contribution in [0.1, 0.15) is 31.1 Å². The van der Waals surface area contributed by atoms with E-state index in [1.807, 2.05) is 32.0 Å². The number of carbonyl (C=O) groups excluding carboxylic acids is 1. The number of halogens is 1. The lowest BCUT2D eigenvalue weighted by Crippen LogP contribution is -2.25. The number of aryl methyl sites for hydroxylation is 1. The van der Waals surface area contributed by atoms with Gasteiger partial charge in [0.1, 0.15) is 22.9 Å². The average Bonchev–Trinajstić information content (AvgIpc) is 2.56. The summed E-state index contributed by atoms with van der Waals surface area (Å²) in [7, 11) is 0. The number of carbonyl (C=O) groups is 1. The number of ether oxygens (including phenoxy) is 1. The van der Waals surface area contributed by atoms with Crippen molar-refractivity contribution in [3.63, 3.8) is 0 Å². The molecule has 1 atom stereocenters. The van der Waals surface area contributed by atoms with Gasteiger partial charge in [-0.05, 0) is 31.0 Å². The molecule has 7 heteroatoms. The third kappa shape index (κ3) is 3.22. The summed E-state index contributed by atoms with van der Waals surface area (Å²) in [4.78, 5) is 19.8. The quantitative estimate of drug-likeness (QED) is 0.899. The maximum Gasteiger partial charge on any atom is 0.262 e. The fraction of sp³-hybridized carbons (Fsp3) is 0.312. The van der Waals surface area contributed by atoms with Crippen LogP contribution in [0.15, 0.2) is 24.5 Å². The largest absolute Gasteiger partial charge is 0.482 e. The lowest BCUT2D eigenvalue weighted by molar-refractivity contribution is -0.118. The number of nitrogens with one attached hydrogen (secondary N) is 2. The first-order valence-corrected chi connectivity index (χ1v) is 7.78. The maximum atomic E-state index is 11.4. The Labute approximate surface area is 139 Å². The Morgan fingerprint density at radius 3 is 3.04 bits per heavy atom. The zero-order valence-electron chi connectivity index (χ0n) is 12.9. The molecule has 120 valence electrons. The predicted molar refractivity (Wildman–Crippen MR) is 89.0 cm³/mol. The summed E-state index contributed by atoms with van der Waals surface area (Å²) >= 11 is 6.31. The van der Waals surface area contributed by atoms with Gasteiger partial charge in [0.05, 0.1) is 17.4 Å². The highest BCUT2D eigenvalue weighted by Crippen LogP contribution is 2.32. The first kappa shape index (κ1) is 15.6. The van der Waals surface area contributed by atoms with E-state index in [1.54, 1.807) is 0 Å². The van der Waals surface area contributed by atoms with Gasteiger partial charge in [-0.3, -0.25) is 4.79 Å². The van der Waals surface area contributed by atoms with Crippen LogP contribution in [0, 0.1) is 0 Å². The van der Waals surface area contributed by atoms with E-state index >= 15 is 0 Å². The van der Waals surface area contributed by atoms with Gasteiger partial charge in [0.15, 0.2) is 6.61 Å². The second kappa shape index (κ2) is 6.42. The van der Waals surface area contributed by atoms with E-state index in [4.69, 9.17) is 16.3 Å². The lowest BCUT2D eigenvalue weighted by atomic mass is 10.1. The minimum atomic E-state index is -0.151. The number of fused-ring (bicyclic) bond motifs is 1. The molecule has 1 amide bonds. The van der Waals surface area contributed by atoms with Gasteiger partial charge in [-0.25, -0.2) is 9.97 Å². The smallest absolute Gasteiger partial charge is 0.262 e. The van der Waals surface area contributed by atoms with Crippen LogP contribution in [0.2, 0.25) is 5.02 Å². The molecule has 1 aliphatic rings. The van der Waals surface area contributed by atoms with Crippen molar-refractivity contribution in [2.45, 2.75) is 26.3 Å². The Morgan fingerprint density at radius 1 is 1.43 bits per heavy atom. The van der Waals surface area contributed by atoms with Crippen LogP contribution >= 0.6 is 11.6 Å². The normalized spacial score (nSPS) is 14.5. The first-order chi connectivity index (χ1) is 11.1. The van der Waals surface area contributed by atoms with Crippen molar-refractivity contribution in [2.24, 2.45) is 0 Å². The van der Waals surface area contributed by atoms with Crippen molar-refractivity contribution in [1.29, 1.82) is 0 Å². The second-order valence-corrected chi connectivity index (χ2v) is 5.67. The molecule has 1 aliphatic heterocycles. The van der Waals surface area contributed by atoms with Crippen LogP contribution in [0.25, 0.3) is 0 Å². The summed E-state index contributed by atoms with van der Waals surface area (Å²) in [6, 6.07) is 5.64. The van der Waals surface area contributed by atoms with Crippen molar-refractivity contribution >= 4 is 29.0 Å². The van der Waals surface area contributed by atoms with Gasteiger partial charge in [0.25, 0.3) is 5.91 Å². The van der Waals surface area contributed by atoms with Gasteiger partial charge in [-0.1, -0.05) is 24.6 Å². The molecule has 6 nitrogen and oxygen atoms in total. The number of amides is 1. The van der Waals surface area contributed by atoms with Gasteiger partial charge < -0.3 is 15.4 Å². The van der Waals surface area contributed by atoms with Gasteiger partial charge in [-0.15, -0.1) is 0 Å². The number of anilines is 2. The number of rotatable bonds is 4. The number of nitrogens with zero attached hydrogens (tertiary/aromatic N) is 2. The minimum absolute atomic E-state index is 0.0452. The SMILES string of the molecule is CCc1ncnc(NC(C)c2ccc3c(c2)NC(=O)CO3)c1Cl. The van der Waals surface area contributed by atoms with E-state index in [2.05, 4.69) is 20.6 Å². The van der Waals surface area contributed by atoms with Crippen molar-refractivity contribution < 1.29 is 9.53 Å². The molecule has 0 spiro atoms. The molecule has 0 fully saturated rings. The fourth-order valence-electron chi connectivity index (χ4n) is 2.41. The maximum absolute atomic E-state index is 11.4. The van der Waals surface area contributed by atoms with Crippen LogP contribution in [0.3, 0.4) is 0 Å². The number of benzene rings is 1. The number of aromatic nitrogens is 2. The van der Waals surface area contributed by atoms with Crippen molar-refractivity contribution in [1.82, 2.24) is 9.97 Å². The molecule has 3 rings (SSSR count). The van der Waals surface area contributed by atoms with Gasteiger partial charge in [-0.2, -0.15) is 0 Å². The lowest BCUT2D eigenvalue weighted by Gasteiger charge is -2.21. The molecule has 2 heterocycles. The third-order valence-corrected chi connectivity index (χ3v) is 4.08. The molecule has 1 aromatic heterocycles. The average molecular weight is 333 g/mol.